The van der Waals surface area contributed by atoms with Gasteiger partial charge in [-0.25, -0.2) is 0 Å². The number of thiocarbonyl (C=S) groups is 1. The first kappa shape index (κ1) is 11.3. The lowest BCUT2D eigenvalue weighted by Gasteiger charge is -2.18. The molecule has 86 valence electrons. The fourth-order valence-corrected chi connectivity index (χ4v) is 2.20. The Hall–Kier alpha value is -1.16. The zero-order valence-electron chi connectivity index (χ0n) is 9.68. The second-order valence-corrected chi connectivity index (χ2v) is 5.06. The lowest BCUT2D eigenvalue weighted by molar-refractivity contribution is 0.494. The Kier molecular flexibility index (Phi) is 3.10. The quantitative estimate of drug-likeness (QED) is 0.794. The predicted molar refractivity (Wildman–Crippen MR) is 70.7 cm³/mol. The van der Waals surface area contributed by atoms with Crippen LogP contribution in [0.1, 0.15) is 19.5 Å². The molecule has 2 unspecified atom stereocenters. The van der Waals surface area contributed by atoms with Crippen LogP contribution in [0.4, 0.5) is 5.69 Å². The molecule has 0 radical (unpaired) electrons. The van der Waals surface area contributed by atoms with E-state index in [0.717, 1.165) is 24.9 Å². The summed E-state index contributed by atoms with van der Waals surface area (Å²) >= 11 is 4.94. The zero-order valence-corrected chi connectivity index (χ0v) is 10.5. The summed E-state index contributed by atoms with van der Waals surface area (Å²) in [5, 5.41) is 0. The molecule has 0 saturated carbocycles. The van der Waals surface area contributed by atoms with Crippen LogP contribution in [-0.4, -0.2) is 23.1 Å². The maximum atomic E-state index is 5.59. The largest absolute Gasteiger partial charge is 0.388 e. The third-order valence-corrected chi connectivity index (χ3v) is 3.56. The molecule has 3 nitrogen and oxygen atoms in total. The average Bonchev–Trinajstić information content (AvgIpc) is 2.59. The van der Waals surface area contributed by atoms with Crippen LogP contribution in [0.2, 0.25) is 0 Å². The lowest BCUT2D eigenvalue weighted by Crippen LogP contribution is -2.20. The van der Waals surface area contributed by atoms with Crippen molar-refractivity contribution in [1.29, 1.82) is 0 Å². The fraction of sp³-hybridized carbons (Fsp3) is 0.500. The van der Waals surface area contributed by atoms with Gasteiger partial charge >= 0.3 is 0 Å². The first-order chi connectivity index (χ1) is 7.58. The highest BCUT2D eigenvalue weighted by atomic mass is 32.1. The first-order valence-electron chi connectivity index (χ1n) is 5.58. The van der Waals surface area contributed by atoms with Crippen LogP contribution in [-0.2, 0) is 0 Å². The molecule has 1 aliphatic heterocycles. The van der Waals surface area contributed by atoms with E-state index < -0.39 is 0 Å². The van der Waals surface area contributed by atoms with Gasteiger partial charge in [-0.15, -0.1) is 0 Å². The molecule has 2 heterocycles. The zero-order chi connectivity index (χ0) is 11.7. The molecule has 0 bridgehead atoms. The molecule has 2 atom stereocenters. The van der Waals surface area contributed by atoms with Crippen molar-refractivity contribution in [2.75, 3.05) is 18.0 Å². The number of rotatable bonds is 2. The van der Waals surface area contributed by atoms with Gasteiger partial charge in [0.2, 0.25) is 0 Å². The van der Waals surface area contributed by atoms with Crippen molar-refractivity contribution in [3.63, 3.8) is 0 Å². The summed E-state index contributed by atoms with van der Waals surface area (Å²) in [6.07, 6.45) is 1.78. The smallest absolute Gasteiger partial charge is 0.122 e. The van der Waals surface area contributed by atoms with Crippen LogP contribution in [0.5, 0.6) is 0 Å². The third kappa shape index (κ3) is 2.16. The van der Waals surface area contributed by atoms with Gasteiger partial charge in [0.15, 0.2) is 0 Å². The van der Waals surface area contributed by atoms with E-state index in [1.165, 1.54) is 5.69 Å². The van der Waals surface area contributed by atoms with Crippen LogP contribution in [0.3, 0.4) is 0 Å². The highest BCUT2D eigenvalue weighted by Crippen LogP contribution is 2.27. The minimum absolute atomic E-state index is 0.363. The number of hydrogen-bond donors (Lipinski definition) is 1. The van der Waals surface area contributed by atoms with E-state index in [1.54, 1.807) is 6.20 Å². The van der Waals surface area contributed by atoms with E-state index in [9.17, 15) is 0 Å². The monoisotopic (exact) mass is 235 g/mol. The van der Waals surface area contributed by atoms with E-state index in [2.05, 4.69) is 23.7 Å². The van der Waals surface area contributed by atoms with E-state index in [-0.39, 0.29) is 0 Å². The molecular weight excluding hydrogens is 218 g/mol. The normalized spacial score (nSPS) is 24.8. The van der Waals surface area contributed by atoms with Crippen molar-refractivity contribution in [1.82, 2.24) is 4.98 Å². The standard InChI is InChI=1S/C12H17N3S/c1-8-6-15(7-9(8)2)10-3-4-14-11(5-10)12(13)16/h3-5,8-9H,6-7H2,1-2H3,(H2,13,16). The predicted octanol–water partition coefficient (Wildman–Crippen LogP) is 1.81. The number of nitrogens with two attached hydrogens (primary N) is 1. The maximum Gasteiger partial charge on any atom is 0.122 e. The second kappa shape index (κ2) is 4.37. The first-order valence-corrected chi connectivity index (χ1v) is 5.99. The van der Waals surface area contributed by atoms with Gasteiger partial charge in [0.25, 0.3) is 0 Å². The van der Waals surface area contributed by atoms with Gasteiger partial charge in [0.1, 0.15) is 4.99 Å². The van der Waals surface area contributed by atoms with Gasteiger partial charge in [-0.3, -0.25) is 4.98 Å². The number of pyridine rings is 1. The van der Waals surface area contributed by atoms with Crippen LogP contribution in [0.25, 0.3) is 0 Å². The molecule has 0 aliphatic carbocycles. The molecule has 2 rings (SSSR count). The highest BCUT2D eigenvalue weighted by Gasteiger charge is 2.26. The summed E-state index contributed by atoms with van der Waals surface area (Å²) in [7, 11) is 0. The molecular formula is C12H17N3S. The van der Waals surface area contributed by atoms with Crippen LogP contribution < -0.4 is 10.6 Å². The van der Waals surface area contributed by atoms with Crippen molar-refractivity contribution < 1.29 is 0 Å². The molecule has 1 aliphatic rings. The molecule has 0 amide bonds. The van der Waals surface area contributed by atoms with E-state index in [0.29, 0.717) is 10.7 Å². The van der Waals surface area contributed by atoms with Crippen LogP contribution in [0, 0.1) is 11.8 Å². The summed E-state index contributed by atoms with van der Waals surface area (Å²) in [5.74, 6) is 1.47. The van der Waals surface area contributed by atoms with Crippen molar-refractivity contribution >= 4 is 22.9 Å². The summed E-state index contributed by atoms with van der Waals surface area (Å²) in [6.45, 7) is 6.78. The molecule has 16 heavy (non-hydrogen) atoms. The van der Waals surface area contributed by atoms with Gasteiger partial charge in [-0.1, -0.05) is 26.1 Å². The Bertz CT molecular complexity index is 395. The van der Waals surface area contributed by atoms with E-state index in [4.69, 9.17) is 18.0 Å². The Morgan fingerprint density at radius 2 is 2.06 bits per heavy atom. The molecule has 4 heteroatoms. The van der Waals surface area contributed by atoms with Gasteiger partial charge < -0.3 is 10.6 Å². The Balaban J connectivity index is 2.21. The molecule has 1 aromatic heterocycles. The minimum atomic E-state index is 0.363. The number of nitrogens with zero attached hydrogens (tertiary/aromatic N) is 2. The Morgan fingerprint density at radius 1 is 1.44 bits per heavy atom. The SMILES string of the molecule is CC1CN(c2ccnc(C(N)=S)c2)CC1C. The summed E-state index contributed by atoms with van der Waals surface area (Å²) in [4.78, 5) is 6.89. The third-order valence-electron chi connectivity index (χ3n) is 3.35. The summed E-state index contributed by atoms with van der Waals surface area (Å²) < 4.78 is 0. The number of hydrogen-bond acceptors (Lipinski definition) is 3. The maximum absolute atomic E-state index is 5.59. The molecule has 1 saturated heterocycles. The molecule has 2 N–H and O–H groups in total. The van der Waals surface area contributed by atoms with Crippen molar-refractivity contribution in [3.05, 3.63) is 24.0 Å². The minimum Gasteiger partial charge on any atom is -0.388 e. The van der Waals surface area contributed by atoms with Crippen LogP contribution >= 0.6 is 12.2 Å². The molecule has 1 fully saturated rings. The van der Waals surface area contributed by atoms with Gasteiger partial charge in [0.05, 0.1) is 5.69 Å². The van der Waals surface area contributed by atoms with Gasteiger partial charge in [-0.05, 0) is 24.0 Å². The number of anilines is 1. The van der Waals surface area contributed by atoms with E-state index >= 15 is 0 Å². The molecule has 0 spiro atoms. The average molecular weight is 235 g/mol. The number of aromatic nitrogens is 1. The second-order valence-electron chi connectivity index (χ2n) is 4.62. The van der Waals surface area contributed by atoms with Crippen LogP contribution in [0.15, 0.2) is 18.3 Å². The Morgan fingerprint density at radius 3 is 2.62 bits per heavy atom. The summed E-state index contributed by atoms with van der Waals surface area (Å²) in [5.41, 5.74) is 7.47. The Labute approximate surface area is 102 Å². The van der Waals surface area contributed by atoms with Crippen molar-refractivity contribution in [2.45, 2.75) is 13.8 Å². The van der Waals surface area contributed by atoms with E-state index in [1.807, 2.05) is 12.1 Å². The molecule has 1 aromatic rings. The van der Waals surface area contributed by atoms with Crippen molar-refractivity contribution in [3.8, 4) is 0 Å². The molecule has 0 aromatic carbocycles. The highest BCUT2D eigenvalue weighted by molar-refractivity contribution is 7.80. The van der Waals surface area contributed by atoms with Crippen molar-refractivity contribution in [2.24, 2.45) is 17.6 Å². The van der Waals surface area contributed by atoms with Gasteiger partial charge in [-0.2, -0.15) is 0 Å². The topological polar surface area (TPSA) is 42.2 Å². The van der Waals surface area contributed by atoms with Gasteiger partial charge in [0, 0.05) is 25.0 Å². The fourth-order valence-electron chi connectivity index (χ4n) is 2.09. The lowest BCUT2D eigenvalue weighted by atomic mass is 10.0. The summed E-state index contributed by atoms with van der Waals surface area (Å²) in [6, 6.07) is 4.00.